The molecule has 1 aromatic rings. The van der Waals surface area contributed by atoms with Crippen molar-refractivity contribution in [2.75, 3.05) is 5.32 Å². The molecule has 0 spiro atoms. The summed E-state index contributed by atoms with van der Waals surface area (Å²) in [4.78, 5) is 37.9. The predicted octanol–water partition coefficient (Wildman–Crippen LogP) is 3.19. The topological polar surface area (TPSA) is 108 Å². The third-order valence-electron chi connectivity index (χ3n) is 5.09. The number of aryl methyl sites for hydroxylation is 1. The van der Waals surface area contributed by atoms with E-state index >= 15 is 0 Å². The second-order valence-corrected chi connectivity index (χ2v) is 8.71. The number of nitrogens with zero attached hydrogens (tertiary/aromatic N) is 1. The molecule has 0 bridgehead atoms. The van der Waals surface area contributed by atoms with E-state index in [0.29, 0.717) is 10.6 Å². The molecule has 1 heterocycles. The Morgan fingerprint density at radius 1 is 1.21 bits per heavy atom. The molecule has 0 radical (unpaired) electrons. The van der Waals surface area contributed by atoms with Gasteiger partial charge in [0.2, 0.25) is 5.91 Å². The van der Waals surface area contributed by atoms with Gasteiger partial charge in [-0.25, -0.2) is 4.79 Å². The van der Waals surface area contributed by atoms with Gasteiger partial charge in [-0.2, -0.15) is 5.26 Å². The number of thiophene rings is 1. The normalized spacial score (nSPS) is 16.3. The van der Waals surface area contributed by atoms with Crippen LogP contribution in [0.5, 0.6) is 0 Å². The molecule has 0 aliphatic heterocycles. The van der Waals surface area contributed by atoms with Crippen molar-refractivity contribution < 1.29 is 19.1 Å². The first kappa shape index (κ1) is 21.9. The molecule has 2 rings (SSSR count). The van der Waals surface area contributed by atoms with Crippen molar-refractivity contribution in [2.24, 2.45) is 5.92 Å². The summed E-state index contributed by atoms with van der Waals surface area (Å²) in [5.41, 5.74) is 0.198. The van der Waals surface area contributed by atoms with Crippen molar-refractivity contribution in [2.45, 2.75) is 71.9 Å². The van der Waals surface area contributed by atoms with Crippen LogP contribution in [0.15, 0.2) is 0 Å². The van der Waals surface area contributed by atoms with Gasteiger partial charge in [-0.05, 0) is 51.0 Å². The lowest BCUT2D eigenvalue weighted by Crippen LogP contribution is -2.52. The number of nitrogens with one attached hydrogen (secondary N) is 2. The van der Waals surface area contributed by atoms with E-state index in [1.54, 1.807) is 6.92 Å². The molecule has 7 nitrogen and oxygen atoms in total. The van der Waals surface area contributed by atoms with Crippen molar-refractivity contribution in [1.82, 2.24) is 5.32 Å². The number of ether oxygens (including phenoxy) is 1. The maximum absolute atomic E-state index is 12.9. The summed E-state index contributed by atoms with van der Waals surface area (Å²) in [5.74, 6) is -1.54. The first-order chi connectivity index (χ1) is 13.1. The molecular formula is C20H27N3O4S. The molecule has 0 fully saturated rings. The summed E-state index contributed by atoms with van der Waals surface area (Å²) in [7, 11) is 0. The number of carbonyl (C=O) groups excluding carboxylic acids is 3. The van der Waals surface area contributed by atoms with Gasteiger partial charge < -0.3 is 15.4 Å². The van der Waals surface area contributed by atoms with E-state index in [2.05, 4.69) is 16.7 Å². The number of amides is 2. The molecular weight excluding hydrogens is 378 g/mol. The molecule has 0 saturated heterocycles. The van der Waals surface area contributed by atoms with Crippen molar-refractivity contribution in [3.63, 3.8) is 0 Å². The zero-order chi connectivity index (χ0) is 21.1. The molecule has 0 saturated carbocycles. The van der Waals surface area contributed by atoms with E-state index in [-0.39, 0.29) is 11.8 Å². The van der Waals surface area contributed by atoms with Crippen LogP contribution in [-0.2, 0) is 27.2 Å². The Morgan fingerprint density at radius 2 is 1.86 bits per heavy atom. The van der Waals surface area contributed by atoms with Gasteiger partial charge in [-0.3, -0.25) is 9.59 Å². The zero-order valence-corrected chi connectivity index (χ0v) is 17.8. The first-order valence-corrected chi connectivity index (χ1v) is 10.3. The fourth-order valence-corrected chi connectivity index (χ4v) is 4.29. The van der Waals surface area contributed by atoms with Crippen LogP contribution in [0.25, 0.3) is 0 Å². The highest BCUT2D eigenvalue weighted by atomic mass is 32.1. The zero-order valence-electron chi connectivity index (χ0n) is 17.0. The van der Waals surface area contributed by atoms with Gasteiger partial charge in [-0.15, -0.1) is 11.3 Å². The summed E-state index contributed by atoms with van der Waals surface area (Å²) in [5, 5.41) is 15.2. The molecule has 28 heavy (non-hydrogen) atoms. The van der Waals surface area contributed by atoms with Crippen molar-refractivity contribution in [1.29, 1.82) is 5.26 Å². The quantitative estimate of drug-likeness (QED) is 0.707. The molecule has 8 heteroatoms. The summed E-state index contributed by atoms with van der Waals surface area (Å²) in [6, 6.07) is 2.10. The number of fused-ring (bicyclic) bond motifs is 1. The van der Waals surface area contributed by atoms with E-state index in [9.17, 15) is 19.6 Å². The summed E-state index contributed by atoms with van der Waals surface area (Å²) >= 11 is 1.40. The standard InChI is InChI=1S/C20H27N3O4S/c1-11(2)20(5,10-21)23-17(25)12(3)27-19(26)16-14-8-6-7-9-15(14)28-18(16)22-13(4)24/h11-12H,6-9H2,1-5H3,(H,22,24)(H,23,25)/t12-,20+/m0/s1. The summed E-state index contributed by atoms with van der Waals surface area (Å²) in [6.07, 6.45) is 2.56. The lowest BCUT2D eigenvalue weighted by molar-refractivity contribution is -0.130. The maximum Gasteiger partial charge on any atom is 0.342 e. The van der Waals surface area contributed by atoms with Crippen LogP contribution >= 0.6 is 11.3 Å². The number of nitriles is 1. The van der Waals surface area contributed by atoms with E-state index in [1.165, 1.54) is 25.2 Å². The number of esters is 1. The van der Waals surface area contributed by atoms with Gasteiger partial charge in [0.25, 0.3) is 5.91 Å². The van der Waals surface area contributed by atoms with Crippen LogP contribution in [0.3, 0.4) is 0 Å². The van der Waals surface area contributed by atoms with Gasteiger partial charge in [0, 0.05) is 11.8 Å². The van der Waals surface area contributed by atoms with Crippen molar-refractivity contribution in [3.05, 3.63) is 16.0 Å². The van der Waals surface area contributed by atoms with E-state index < -0.39 is 23.5 Å². The number of anilines is 1. The van der Waals surface area contributed by atoms with Gasteiger partial charge in [-0.1, -0.05) is 13.8 Å². The second-order valence-electron chi connectivity index (χ2n) is 7.60. The molecule has 0 unspecified atom stereocenters. The second kappa shape index (κ2) is 8.74. The van der Waals surface area contributed by atoms with Crippen molar-refractivity contribution in [3.8, 4) is 6.07 Å². The number of hydrogen-bond acceptors (Lipinski definition) is 6. The predicted molar refractivity (Wildman–Crippen MR) is 107 cm³/mol. The number of hydrogen-bond donors (Lipinski definition) is 2. The highest BCUT2D eigenvalue weighted by Crippen LogP contribution is 2.38. The SMILES string of the molecule is CC(=O)Nc1sc2c(c1C(=O)O[C@@H](C)C(=O)N[C@](C)(C#N)C(C)C)CCCC2. The van der Waals surface area contributed by atoms with E-state index in [4.69, 9.17) is 4.74 Å². The molecule has 1 aliphatic rings. The maximum atomic E-state index is 12.9. The minimum Gasteiger partial charge on any atom is -0.449 e. The van der Waals surface area contributed by atoms with Crippen LogP contribution < -0.4 is 10.6 Å². The lowest BCUT2D eigenvalue weighted by atomic mass is 9.90. The molecule has 1 aromatic heterocycles. The van der Waals surface area contributed by atoms with Gasteiger partial charge >= 0.3 is 5.97 Å². The molecule has 2 amide bonds. The average molecular weight is 406 g/mol. The van der Waals surface area contributed by atoms with Gasteiger partial charge in [0.1, 0.15) is 10.5 Å². The number of carbonyl (C=O) groups is 3. The largest absolute Gasteiger partial charge is 0.449 e. The van der Waals surface area contributed by atoms with Crippen LogP contribution in [-0.4, -0.2) is 29.4 Å². The smallest absolute Gasteiger partial charge is 0.342 e. The Bertz CT molecular complexity index is 824. The monoisotopic (exact) mass is 405 g/mol. The minimum atomic E-state index is -1.07. The summed E-state index contributed by atoms with van der Waals surface area (Å²) in [6.45, 7) is 8.16. The van der Waals surface area contributed by atoms with Crippen molar-refractivity contribution >= 4 is 34.1 Å². The highest BCUT2D eigenvalue weighted by molar-refractivity contribution is 7.17. The van der Waals surface area contributed by atoms with Crippen LogP contribution in [0.1, 0.15) is 68.3 Å². The third kappa shape index (κ3) is 4.71. The Hall–Kier alpha value is -2.40. The Morgan fingerprint density at radius 3 is 2.43 bits per heavy atom. The Kier molecular flexibility index (Phi) is 6.83. The lowest BCUT2D eigenvalue weighted by Gasteiger charge is -2.28. The molecule has 2 N–H and O–H groups in total. The van der Waals surface area contributed by atoms with Crippen LogP contribution in [0.4, 0.5) is 5.00 Å². The Balaban J connectivity index is 2.20. The van der Waals surface area contributed by atoms with Gasteiger partial charge in [0.15, 0.2) is 6.10 Å². The van der Waals surface area contributed by atoms with Crippen LogP contribution in [0, 0.1) is 17.2 Å². The van der Waals surface area contributed by atoms with Crippen LogP contribution in [0.2, 0.25) is 0 Å². The molecule has 2 atom stereocenters. The molecule has 1 aliphatic carbocycles. The highest BCUT2D eigenvalue weighted by Gasteiger charge is 2.34. The third-order valence-corrected chi connectivity index (χ3v) is 6.30. The van der Waals surface area contributed by atoms with Gasteiger partial charge in [0.05, 0.1) is 11.6 Å². The fourth-order valence-electron chi connectivity index (χ4n) is 2.96. The first-order valence-electron chi connectivity index (χ1n) is 9.45. The number of rotatable bonds is 6. The summed E-state index contributed by atoms with van der Waals surface area (Å²) < 4.78 is 5.41. The van der Waals surface area contributed by atoms with E-state index in [1.807, 2.05) is 13.8 Å². The fraction of sp³-hybridized carbons (Fsp3) is 0.600. The Labute approximate surface area is 169 Å². The minimum absolute atomic E-state index is 0.111. The molecule has 0 aromatic carbocycles. The molecule has 152 valence electrons. The average Bonchev–Trinajstić information content (AvgIpc) is 2.98. The van der Waals surface area contributed by atoms with E-state index in [0.717, 1.165) is 36.1 Å².